The summed E-state index contributed by atoms with van der Waals surface area (Å²) in [4.78, 5) is 21.9. The number of imidazole rings is 1. The highest BCUT2D eigenvalue weighted by Crippen LogP contribution is 2.38. The third kappa shape index (κ3) is 4.75. The third-order valence-corrected chi connectivity index (χ3v) is 7.26. The number of likely N-dealkylation sites (N-methyl/N-ethyl adjacent to an activating group) is 1. The van der Waals surface area contributed by atoms with E-state index < -0.39 is 23.5 Å². The quantitative estimate of drug-likeness (QED) is 0.356. The van der Waals surface area contributed by atoms with Gasteiger partial charge in [0.15, 0.2) is 17.5 Å². The van der Waals surface area contributed by atoms with Gasteiger partial charge in [-0.05, 0) is 67.8 Å². The second-order valence-electron chi connectivity index (χ2n) is 9.59. The molecule has 0 N–H and O–H groups in total. The fourth-order valence-corrected chi connectivity index (χ4v) is 5.36. The number of piperidine rings is 1. The first-order chi connectivity index (χ1) is 17.8. The van der Waals surface area contributed by atoms with Crippen molar-refractivity contribution >= 4 is 12.0 Å². The standard InChI is InChI=1S/C28H29F3N4O2/c1-4-33-14-21-7-6-19(9-18-5-8-24(26(10-18)37-3)34-13-17(2)32-16-34)28(36)35(21)25(15-33)20-11-22(29)27(31)23(30)12-20/h5,8-13,16,21,25H,4,6-7,14-15H2,1-3H3/t21-,25+/m0/s1. The van der Waals surface area contributed by atoms with Crippen LogP contribution in [-0.2, 0) is 4.79 Å². The van der Waals surface area contributed by atoms with E-state index in [0.717, 1.165) is 42.0 Å². The van der Waals surface area contributed by atoms with Crippen LogP contribution in [0.25, 0.3) is 11.8 Å². The van der Waals surface area contributed by atoms with Gasteiger partial charge < -0.3 is 14.2 Å². The zero-order valence-electron chi connectivity index (χ0n) is 21.0. The van der Waals surface area contributed by atoms with E-state index in [4.69, 9.17) is 4.74 Å². The summed E-state index contributed by atoms with van der Waals surface area (Å²) in [5.74, 6) is -3.53. The first-order valence-corrected chi connectivity index (χ1v) is 12.4. The molecule has 1 amide bonds. The molecule has 0 spiro atoms. The summed E-state index contributed by atoms with van der Waals surface area (Å²) in [7, 11) is 1.59. The largest absolute Gasteiger partial charge is 0.495 e. The molecule has 1 aromatic heterocycles. The molecule has 0 unspecified atom stereocenters. The molecule has 2 saturated heterocycles. The summed E-state index contributed by atoms with van der Waals surface area (Å²) in [6.07, 6.45) is 6.77. The number of aromatic nitrogens is 2. The molecule has 0 saturated carbocycles. The van der Waals surface area contributed by atoms with Crippen molar-refractivity contribution in [3.8, 4) is 11.4 Å². The molecule has 0 bridgehead atoms. The number of halogens is 3. The number of methoxy groups -OCH3 is 1. The van der Waals surface area contributed by atoms with Gasteiger partial charge in [-0.3, -0.25) is 9.69 Å². The van der Waals surface area contributed by atoms with Crippen molar-refractivity contribution in [2.24, 2.45) is 0 Å². The Kier molecular flexibility index (Phi) is 6.81. The number of rotatable bonds is 5. The number of hydrogen-bond donors (Lipinski definition) is 0. The molecule has 2 aliphatic rings. The van der Waals surface area contributed by atoms with E-state index in [9.17, 15) is 18.0 Å². The van der Waals surface area contributed by atoms with Gasteiger partial charge in [-0.15, -0.1) is 0 Å². The molecular weight excluding hydrogens is 481 g/mol. The highest BCUT2D eigenvalue weighted by molar-refractivity contribution is 5.99. The molecule has 0 radical (unpaired) electrons. The van der Waals surface area contributed by atoms with E-state index in [1.165, 1.54) is 0 Å². The molecule has 194 valence electrons. The van der Waals surface area contributed by atoms with Gasteiger partial charge in [0.1, 0.15) is 5.75 Å². The fraction of sp³-hybridized carbons (Fsp3) is 0.357. The second-order valence-corrected chi connectivity index (χ2v) is 9.59. The number of carbonyl (C=O) groups is 1. The van der Waals surface area contributed by atoms with Crippen LogP contribution in [-0.4, -0.2) is 58.0 Å². The molecule has 9 heteroatoms. The minimum atomic E-state index is -1.50. The zero-order chi connectivity index (χ0) is 26.3. The number of fused-ring (bicyclic) bond motifs is 1. The zero-order valence-corrected chi connectivity index (χ0v) is 21.0. The maximum absolute atomic E-state index is 14.1. The first-order valence-electron chi connectivity index (χ1n) is 12.4. The normalized spacial score (nSPS) is 21.4. The Labute approximate surface area is 214 Å². The minimum Gasteiger partial charge on any atom is -0.495 e. The van der Waals surface area contributed by atoms with Gasteiger partial charge in [-0.2, -0.15) is 0 Å². The van der Waals surface area contributed by atoms with E-state index in [1.54, 1.807) is 18.3 Å². The number of aryl methyl sites for hydroxylation is 1. The molecule has 6 nitrogen and oxygen atoms in total. The van der Waals surface area contributed by atoms with Crippen LogP contribution in [0.3, 0.4) is 0 Å². The Balaban J connectivity index is 1.48. The van der Waals surface area contributed by atoms with Crippen molar-refractivity contribution in [2.75, 3.05) is 26.7 Å². The summed E-state index contributed by atoms with van der Waals surface area (Å²) < 4.78 is 49.4. The van der Waals surface area contributed by atoms with Gasteiger partial charge in [0.2, 0.25) is 0 Å². The average Bonchev–Trinajstić information content (AvgIpc) is 3.33. The SMILES string of the molecule is CCN1C[C@@H]2CCC(=Cc3ccc(-n4cnc(C)c4)c(OC)c3)C(=O)N2[C@@H](c2cc(F)c(F)c(F)c2)C1. The first kappa shape index (κ1) is 25.1. The smallest absolute Gasteiger partial charge is 0.250 e. The van der Waals surface area contributed by atoms with Gasteiger partial charge in [0.25, 0.3) is 5.91 Å². The van der Waals surface area contributed by atoms with Crippen molar-refractivity contribution in [3.05, 3.63) is 82.7 Å². The predicted octanol–water partition coefficient (Wildman–Crippen LogP) is 5.06. The lowest BCUT2D eigenvalue weighted by atomic mass is 9.88. The number of benzene rings is 2. The second kappa shape index (κ2) is 10.0. The number of amides is 1. The monoisotopic (exact) mass is 510 g/mol. The van der Waals surface area contributed by atoms with Gasteiger partial charge in [0, 0.05) is 30.9 Å². The minimum absolute atomic E-state index is 0.0964. The van der Waals surface area contributed by atoms with Gasteiger partial charge >= 0.3 is 0 Å². The lowest BCUT2D eigenvalue weighted by molar-refractivity contribution is -0.139. The van der Waals surface area contributed by atoms with E-state index in [-0.39, 0.29) is 17.5 Å². The molecule has 37 heavy (non-hydrogen) atoms. The molecule has 0 aliphatic carbocycles. The van der Waals surface area contributed by atoms with Gasteiger partial charge in [-0.1, -0.05) is 13.0 Å². The van der Waals surface area contributed by atoms with Crippen LogP contribution in [0.4, 0.5) is 13.2 Å². The number of hydrogen-bond acceptors (Lipinski definition) is 4. The number of carbonyl (C=O) groups excluding carboxylic acids is 1. The topological polar surface area (TPSA) is 50.6 Å². The Morgan fingerprint density at radius 1 is 1.14 bits per heavy atom. The van der Waals surface area contributed by atoms with Crippen LogP contribution in [0, 0.1) is 24.4 Å². The Morgan fingerprint density at radius 3 is 2.54 bits per heavy atom. The summed E-state index contributed by atoms with van der Waals surface area (Å²) in [5, 5.41) is 0. The summed E-state index contributed by atoms with van der Waals surface area (Å²) in [6, 6.07) is 7.03. The Morgan fingerprint density at radius 2 is 1.89 bits per heavy atom. The maximum Gasteiger partial charge on any atom is 0.250 e. The van der Waals surface area contributed by atoms with E-state index in [1.807, 2.05) is 48.9 Å². The fourth-order valence-electron chi connectivity index (χ4n) is 5.36. The molecule has 2 atom stereocenters. The third-order valence-electron chi connectivity index (χ3n) is 7.26. The van der Waals surface area contributed by atoms with Crippen molar-refractivity contribution in [3.63, 3.8) is 0 Å². The lowest BCUT2D eigenvalue weighted by Crippen LogP contribution is -2.58. The molecule has 2 aromatic carbocycles. The Bertz CT molecular complexity index is 1350. The van der Waals surface area contributed by atoms with Gasteiger partial charge in [0.05, 0.1) is 30.9 Å². The molecule has 3 heterocycles. The highest BCUT2D eigenvalue weighted by Gasteiger charge is 2.42. The van der Waals surface area contributed by atoms with Crippen LogP contribution in [0.5, 0.6) is 5.75 Å². The maximum atomic E-state index is 14.1. The van der Waals surface area contributed by atoms with Crippen molar-refractivity contribution in [2.45, 2.75) is 38.8 Å². The van der Waals surface area contributed by atoms with Gasteiger partial charge in [-0.25, -0.2) is 18.2 Å². The van der Waals surface area contributed by atoms with Crippen LogP contribution in [0.2, 0.25) is 0 Å². The number of piperazine rings is 1. The molecule has 5 rings (SSSR count). The molecule has 2 aliphatic heterocycles. The summed E-state index contributed by atoms with van der Waals surface area (Å²) in [6.45, 7) is 5.77. The van der Waals surface area contributed by atoms with Crippen molar-refractivity contribution in [1.29, 1.82) is 0 Å². The summed E-state index contributed by atoms with van der Waals surface area (Å²) >= 11 is 0. The number of nitrogens with zero attached hydrogens (tertiary/aromatic N) is 4. The van der Waals surface area contributed by atoms with E-state index in [2.05, 4.69) is 9.88 Å². The van der Waals surface area contributed by atoms with E-state index in [0.29, 0.717) is 30.8 Å². The van der Waals surface area contributed by atoms with Crippen molar-refractivity contribution in [1.82, 2.24) is 19.4 Å². The van der Waals surface area contributed by atoms with E-state index >= 15 is 0 Å². The van der Waals surface area contributed by atoms with Crippen LogP contribution >= 0.6 is 0 Å². The van der Waals surface area contributed by atoms with Crippen LogP contribution in [0.15, 0.2) is 48.4 Å². The molecular formula is C28H29F3N4O2. The predicted molar refractivity (Wildman–Crippen MR) is 134 cm³/mol. The van der Waals surface area contributed by atoms with Crippen molar-refractivity contribution < 1.29 is 22.7 Å². The average molecular weight is 511 g/mol. The highest BCUT2D eigenvalue weighted by atomic mass is 19.2. The van der Waals surface area contributed by atoms with Crippen LogP contribution < -0.4 is 4.74 Å². The number of ether oxygens (including phenoxy) is 1. The summed E-state index contributed by atoms with van der Waals surface area (Å²) in [5.41, 5.74) is 3.39. The van der Waals surface area contributed by atoms with Crippen LogP contribution in [0.1, 0.15) is 42.6 Å². The molecule has 2 fully saturated rings. The lowest BCUT2D eigenvalue weighted by Gasteiger charge is -2.49. The Hall–Kier alpha value is -3.59. The molecule has 3 aromatic rings.